The summed E-state index contributed by atoms with van der Waals surface area (Å²) in [5.41, 5.74) is -0.0865. The van der Waals surface area contributed by atoms with Crippen molar-refractivity contribution in [3.8, 4) is 0 Å². The Labute approximate surface area is 102 Å². The highest BCUT2D eigenvalue weighted by Crippen LogP contribution is 2.23. The van der Waals surface area contributed by atoms with Crippen molar-refractivity contribution in [2.45, 2.75) is 33.2 Å². The standard InChI is InChI=1S/C9H21BrN2O2S/c1-9(2,3)8(6-7-10)11-15(13,14)12(4)5/h8,11H,6-7H2,1-5H3. The van der Waals surface area contributed by atoms with Crippen molar-refractivity contribution in [1.82, 2.24) is 9.03 Å². The highest BCUT2D eigenvalue weighted by molar-refractivity contribution is 9.09. The van der Waals surface area contributed by atoms with Crippen LogP contribution in [0.3, 0.4) is 0 Å². The van der Waals surface area contributed by atoms with E-state index in [4.69, 9.17) is 0 Å². The summed E-state index contributed by atoms with van der Waals surface area (Å²) in [7, 11) is -0.292. The van der Waals surface area contributed by atoms with Gasteiger partial charge in [-0.3, -0.25) is 0 Å². The molecule has 0 aliphatic rings. The first kappa shape index (κ1) is 15.3. The van der Waals surface area contributed by atoms with Gasteiger partial charge in [0.15, 0.2) is 0 Å². The maximum atomic E-state index is 11.7. The molecule has 92 valence electrons. The monoisotopic (exact) mass is 300 g/mol. The zero-order valence-corrected chi connectivity index (χ0v) is 12.4. The normalized spacial score (nSPS) is 15.7. The van der Waals surface area contributed by atoms with E-state index in [1.165, 1.54) is 18.4 Å². The fourth-order valence-electron chi connectivity index (χ4n) is 1.06. The van der Waals surface area contributed by atoms with Crippen molar-refractivity contribution in [2.24, 2.45) is 5.41 Å². The molecule has 0 fully saturated rings. The van der Waals surface area contributed by atoms with Crippen LogP contribution >= 0.6 is 15.9 Å². The topological polar surface area (TPSA) is 49.4 Å². The zero-order chi connectivity index (χ0) is 12.3. The fourth-order valence-corrected chi connectivity index (χ4v) is 2.56. The van der Waals surface area contributed by atoms with E-state index in [0.717, 1.165) is 11.8 Å². The molecule has 0 aliphatic carbocycles. The summed E-state index contributed by atoms with van der Waals surface area (Å²) < 4.78 is 27.2. The number of hydrogen-bond acceptors (Lipinski definition) is 2. The summed E-state index contributed by atoms with van der Waals surface area (Å²) in [6.07, 6.45) is 0.774. The van der Waals surface area contributed by atoms with Gasteiger partial charge in [-0.1, -0.05) is 36.7 Å². The van der Waals surface area contributed by atoms with Gasteiger partial charge in [-0.15, -0.1) is 0 Å². The van der Waals surface area contributed by atoms with Gasteiger partial charge in [0, 0.05) is 25.5 Å². The molecule has 0 bridgehead atoms. The summed E-state index contributed by atoms with van der Waals surface area (Å²) in [5, 5.41) is 0.783. The summed E-state index contributed by atoms with van der Waals surface area (Å²) in [4.78, 5) is 0. The molecule has 0 rings (SSSR count). The minimum Gasteiger partial charge on any atom is -0.199 e. The summed E-state index contributed by atoms with van der Waals surface area (Å²) in [5.74, 6) is 0. The van der Waals surface area contributed by atoms with Gasteiger partial charge < -0.3 is 0 Å². The third-order valence-electron chi connectivity index (χ3n) is 2.22. The van der Waals surface area contributed by atoms with Crippen LogP contribution in [-0.4, -0.2) is 38.2 Å². The average Bonchev–Trinajstić information content (AvgIpc) is 2.01. The molecular weight excluding hydrogens is 280 g/mol. The maximum absolute atomic E-state index is 11.7. The largest absolute Gasteiger partial charge is 0.279 e. The number of rotatable bonds is 5. The van der Waals surface area contributed by atoms with Crippen molar-refractivity contribution in [3.05, 3.63) is 0 Å². The second kappa shape index (κ2) is 5.61. The van der Waals surface area contributed by atoms with Crippen LogP contribution in [-0.2, 0) is 10.2 Å². The minimum atomic E-state index is -3.34. The van der Waals surface area contributed by atoms with Crippen LogP contribution in [0.2, 0.25) is 0 Å². The van der Waals surface area contributed by atoms with Crippen molar-refractivity contribution >= 4 is 26.1 Å². The van der Waals surface area contributed by atoms with Crippen LogP contribution < -0.4 is 4.72 Å². The highest BCUT2D eigenvalue weighted by Gasteiger charge is 2.28. The quantitative estimate of drug-likeness (QED) is 0.784. The summed E-state index contributed by atoms with van der Waals surface area (Å²) >= 11 is 3.34. The second-order valence-corrected chi connectivity index (χ2v) is 7.51. The predicted octanol–water partition coefficient (Wildman–Crippen LogP) is 1.58. The van der Waals surface area contributed by atoms with E-state index < -0.39 is 10.2 Å². The molecule has 1 N–H and O–H groups in total. The van der Waals surface area contributed by atoms with E-state index in [9.17, 15) is 8.42 Å². The van der Waals surface area contributed by atoms with Crippen LogP contribution in [0.1, 0.15) is 27.2 Å². The van der Waals surface area contributed by atoms with Crippen LogP contribution in [0, 0.1) is 5.41 Å². The van der Waals surface area contributed by atoms with E-state index in [1.54, 1.807) is 0 Å². The van der Waals surface area contributed by atoms with Gasteiger partial charge in [0.2, 0.25) is 0 Å². The zero-order valence-electron chi connectivity index (χ0n) is 10.0. The van der Waals surface area contributed by atoms with Crippen molar-refractivity contribution in [3.63, 3.8) is 0 Å². The van der Waals surface area contributed by atoms with Crippen LogP contribution in [0.4, 0.5) is 0 Å². The molecule has 0 spiro atoms. The number of alkyl halides is 1. The van der Waals surface area contributed by atoms with Crippen molar-refractivity contribution in [2.75, 3.05) is 19.4 Å². The molecule has 6 heteroatoms. The number of nitrogens with one attached hydrogen (secondary N) is 1. The van der Waals surface area contributed by atoms with Gasteiger partial charge >= 0.3 is 0 Å². The van der Waals surface area contributed by atoms with Gasteiger partial charge in [0.1, 0.15) is 0 Å². The predicted molar refractivity (Wildman–Crippen MR) is 67.4 cm³/mol. The third kappa shape index (κ3) is 5.29. The van der Waals surface area contributed by atoms with Crippen LogP contribution in [0.15, 0.2) is 0 Å². The SMILES string of the molecule is CN(C)S(=O)(=O)NC(CCBr)C(C)(C)C. The molecule has 0 aromatic rings. The number of halogens is 1. The molecule has 1 atom stereocenters. The number of nitrogens with zero attached hydrogens (tertiary/aromatic N) is 1. The summed E-state index contributed by atoms with van der Waals surface area (Å²) in [6.45, 7) is 6.08. The molecule has 0 aliphatic heterocycles. The van der Waals surface area contributed by atoms with E-state index in [0.29, 0.717) is 0 Å². The molecule has 0 aromatic heterocycles. The Morgan fingerprint density at radius 2 is 1.80 bits per heavy atom. The van der Waals surface area contributed by atoms with Crippen LogP contribution in [0.25, 0.3) is 0 Å². The molecular formula is C9H21BrN2O2S. The van der Waals surface area contributed by atoms with Crippen LogP contribution in [0.5, 0.6) is 0 Å². The second-order valence-electron chi connectivity index (χ2n) is 4.80. The van der Waals surface area contributed by atoms with E-state index in [2.05, 4.69) is 20.7 Å². The van der Waals surface area contributed by atoms with Gasteiger partial charge in [-0.2, -0.15) is 17.4 Å². The summed E-state index contributed by atoms with van der Waals surface area (Å²) in [6, 6.07) is -0.0655. The van der Waals surface area contributed by atoms with Gasteiger partial charge in [0.05, 0.1) is 0 Å². The molecule has 15 heavy (non-hydrogen) atoms. The van der Waals surface area contributed by atoms with Gasteiger partial charge in [-0.05, 0) is 11.8 Å². The lowest BCUT2D eigenvalue weighted by atomic mass is 9.86. The Hall–Kier alpha value is 0.350. The van der Waals surface area contributed by atoms with Gasteiger partial charge in [-0.25, -0.2) is 0 Å². The first-order valence-corrected chi connectivity index (χ1v) is 7.43. The maximum Gasteiger partial charge on any atom is 0.279 e. The first-order valence-electron chi connectivity index (χ1n) is 4.87. The Morgan fingerprint density at radius 3 is 2.07 bits per heavy atom. The molecule has 0 saturated heterocycles. The first-order chi connectivity index (χ1) is 6.61. The van der Waals surface area contributed by atoms with Gasteiger partial charge in [0.25, 0.3) is 10.2 Å². The molecule has 0 heterocycles. The van der Waals surface area contributed by atoms with E-state index >= 15 is 0 Å². The minimum absolute atomic E-state index is 0.0655. The lowest BCUT2D eigenvalue weighted by Crippen LogP contribution is -2.48. The number of hydrogen-bond donors (Lipinski definition) is 1. The Kier molecular flexibility index (Phi) is 5.74. The molecule has 0 saturated carbocycles. The molecule has 1 unspecified atom stereocenters. The van der Waals surface area contributed by atoms with E-state index in [-0.39, 0.29) is 11.5 Å². The molecule has 0 radical (unpaired) electrons. The smallest absolute Gasteiger partial charge is 0.199 e. The Balaban J connectivity index is 4.71. The highest BCUT2D eigenvalue weighted by atomic mass is 79.9. The lowest BCUT2D eigenvalue weighted by molar-refractivity contribution is 0.289. The Bertz CT molecular complexity index is 283. The van der Waals surface area contributed by atoms with Crippen molar-refractivity contribution < 1.29 is 8.42 Å². The Morgan fingerprint density at radius 1 is 1.33 bits per heavy atom. The molecule has 0 aromatic carbocycles. The lowest BCUT2D eigenvalue weighted by Gasteiger charge is -2.31. The molecule has 0 amide bonds. The van der Waals surface area contributed by atoms with E-state index in [1.807, 2.05) is 20.8 Å². The average molecular weight is 301 g/mol. The third-order valence-corrected chi connectivity index (χ3v) is 4.22. The fraction of sp³-hybridized carbons (Fsp3) is 1.00. The van der Waals surface area contributed by atoms with Crippen molar-refractivity contribution in [1.29, 1.82) is 0 Å². The molecule has 4 nitrogen and oxygen atoms in total.